The molecule has 2 unspecified atom stereocenters. The van der Waals surface area contributed by atoms with Crippen LogP contribution in [0.15, 0.2) is 11.6 Å². The lowest BCUT2D eigenvalue weighted by atomic mass is 9.91. The molecule has 1 fully saturated rings. The number of aromatic nitrogens is 1. The van der Waals surface area contributed by atoms with E-state index in [9.17, 15) is 4.39 Å². The summed E-state index contributed by atoms with van der Waals surface area (Å²) in [5, 5.41) is 6.21. The zero-order valence-electron chi connectivity index (χ0n) is 9.71. The highest BCUT2D eigenvalue weighted by Gasteiger charge is 2.29. The van der Waals surface area contributed by atoms with Crippen molar-refractivity contribution >= 4 is 11.3 Å². The van der Waals surface area contributed by atoms with Crippen LogP contribution >= 0.6 is 11.3 Å². The van der Waals surface area contributed by atoms with Gasteiger partial charge in [0.1, 0.15) is 5.67 Å². The van der Waals surface area contributed by atoms with Crippen LogP contribution in [0.1, 0.15) is 37.6 Å². The maximum Gasteiger partial charge on any atom is 0.116 e. The number of rotatable bonds is 4. The van der Waals surface area contributed by atoms with Gasteiger partial charge in [-0.05, 0) is 32.7 Å². The average Bonchev–Trinajstić information content (AvgIpc) is 2.70. The maximum atomic E-state index is 14.4. The van der Waals surface area contributed by atoms with E-state index in [0.717, 1.165) is 18.0 Å². The SMILES string of the molecule is CC(F)(Cc1nccs1)CC1CCCCN1. The third-order valence-electron chi connectivity index (χ3n) is 3.09. The normalized spacial score (nSPS) is 25.2. The number of hydrogen-bond donors (Lipinski definition) is 1. The number of hydrogen-bond acceptors (Lipinski definition) is 3. The minimum absolute atomic E-state index is 0.351. The van der Waals surface area contributed by atoms with Crippen molar-refractivity contribution in [1.82, 2.24) is 10.3 Å². The third-order valence-corrected chi connectivity index (χ3v) is 3.87. The predicted molar refractivity (Wildman–Crippen MR) is 65.6 cm³/mol. The molecule has 2 nitrogen and oxygen atoms in total. The van der Waals surface area contributed by atoms with Crippen molar-refractivity contribution < 1.29 is 4.39 Å². The highest BCUT2D eigenvalue weighted by atomic mass is 32.1. The second-order valence-corrected chi connectivity index (χ2v) is 5.85. The zero-order valence-corrected chi connectivity index (χ0v) is 10.5. The molecule has 1 aliphatic rings. The van der Waals surface area contributed by atoms with E-state index in [0.29, 0.717) is 18.9 Å². The van der Waals surface area contributed by atoms with Crippen LogP contribution in [0.2, 0.25) is 0 Å². The summed E-state index contributed by atoms with van der Waals surface area (Å²) in [5.41, 5.74) is -1.13. The maximum absolute atomic E-state index is 14.4. The van der Waals surface area contributed by atoms with Crippen LogP contribution in [0.5, 0.6) is 0 Å². The fraction of sp³-hybridized carbons (Fsp3) is 0.750. The van der Waals surface area contributed by atoms with Crippen molar-refractivity contribution in [3.63, 3.8) is 0 Å². The molecule has 0 radical (unpaired) electrons. The van der Waals surface area contributed by atoms with Crippen molar-refractivity contribution in [1.29, 1.82) is 0 Å². The lowest BCUT2D eigenvalue weighted by Gasteiger charge is -2.29. The Morgan fingerprint density at radius 3 is 3.12 bits per heavy atom. The monoisotopic (exact) mass is 242 g/mol. The minimum atomic E-state index is -1.13. The first-order chi connectivity index (χ1) is 7.66. The number of halogens is 1. The molecule has 2 heterocycles. The Morgan fingerprint density at radius 1 is 1.62 bits per heavy atom. The Hall–Kier alpha value is -0.480. The van der Waals surface area contributed by atoms with Crippen LogP contribution in [-0.4, -0.2) is 23.2 Å². The molecule has 1 N–H and O–H groups in total. The van der Waals surface area contributed by atoms with Crippen LogP contribution in [0.4, 0.5) is 4.39 Å². The standard InChI is InChI=1S/C12H19FN2S/c1-12(13,9-11-15-6-7-16-11)8-10-4-2-3-5-14-10/h6-7,10,14H,2-5,8-9H2,1H3. The number of nitrogens with zero attached hydrogens (tertiary/aromatic N) is 1. The van der Waals surface area contributed by atoms with E-state index in [1.54, 1.807) is 24.5 Å². The van der Waals surface area contributed by atoms with Gasteiger partial charge in [0.2, 0.25) is 0 Å². The van der Waals surface area contributed by atoms with Gasteiger partial charge in [-0.3, -0.25) is 0 Å². The first-order valence-corrected chi connectivity index (χ1v) is 6.84. The first kappa shape index (κ1) is 12.0. The van der Waals surface area contributed by atoms with E-state index < -0.39 is 5.67 Å². The molecule has 90 valence electrons. The molecular formula is C12H19FN2S. The molecule has 16 heavy (non-hydrogen) atoms. The number of nitrogens with one attached hydrogen (secondary N) is 1. The molecule has 2 rings (SSSR count). The lowest BCUT2D eigenvalue weighted by molar-refractivity contribution is 0.145. The molecule has 1 saturated heterocycles. The van der Waals surface area contributed by atoms with Crippen molar-refractivity contribution in [3.05, 3.63) is 16.6 Å². The second-order valence-electron chi connectivity index (χ2n) is 4.87. The Balaban J connectivity index is 1.86. The van der Waals surface area contributed by atoms with Crippen molar-refractivity contribution in [2.75, 3.05) is 6.54 Å². The third kappa shape index (κ3) is 3.52. The number of alkyl halides is 1. The van der Waals surface area contributed by atoms with Gasteiger partial charge in [0, 0.05) is 24.0 Å². The summed E-state index contributed by atoms with van der Waals surface area (Å²) in [6, 6.07) is 0.351. The summed E-state index contributed by atoms with van der Waals surface area (Å²) in [5.74, 6) is 0. The molecule has 1 aliphatic heterocycles. The van der Waals surface area contributed by atoms with Crippen LogP contribution < -0.4 is 5.32 Å². The molecule has 1 aromatic heterocycles. The molecule has 1 aromatic rings. The smallest absolute Gasteiger partial charge is 0.116 e. The van der Waals surface area contributed by atoms with E-state index in [1.165, 1.54) is 12.8 Å². The molecule has 0 aliphatic carbocycles. The molecule has 0 saturated carbocycles. The molecule has 0 aromatic carbocycles. The van der Waals surface area contributed by atoms with Gasteiger partial charge in [-0.1, -0.05) is 6.42 Å². The zero-order chi connectivity index (χ0) is 11.4. The summed E-state index contributed by atoms with van der Waals surface area (Å²) in [7, 11) is 0. The molecule has 0 spiro atoms. The minimum Gasteiger partial charge on any atom is -0.314 e. The highest BCUT2D eigenvalue weighted by Crippen LogP contribution is 2.26. The Bertz CT molecular complexity index is 305. The van der Waals surface area contributed by atoms with Crippen LogP contribution in [-0.2, 0) is 6.42 Å². The fourth-order valence-corrected chi connectivity index (χ4v) is 3.12. The van der Waals surface area contributed by atoms with E-state index in [4.69, 9.17) is 0 Å². The van der Waals surface area contributed by atoms with Gasteiger partial charge in [-0.2, -0.15) is 0 Å². The Morgan fingerprint density at radius 2 is 2.50 bits per heavy atom. The van der Waals surface area contributed by atoms with E-state index in [2.05, 4.69) is 10.3 Å². The summed E-state index contributed by atoms with van der Waals surface area (Å²) < 4.78 is 14.4. The fourth-order valence-electron chi connectivity index (χ4n) is 2.34. The molecular weight excluding hydrogens is 223 g/mol. The molecule has 2 atom stereocenters. The highest BCUT2D eigenvalue weighted by molar-refractivity contribution is 7.09. The topological polar surface area (TPSA) is 24.9 Å². The van der Waals surface area contributed by atoms with Gasteiger partial charge in [0.15, 0.2) is 0 Å². The van der Waals surface area contributed by atoms with E-state index >= 15 is 0 Å². The summed E-state index contributed by atoms with van der Waals surface area (Å²) in [4.78, 5) is 4.15. The van der Waals surface area contributed by atoms with Gasteiger partial charge < -0.3 is 5.32 Å². The molecule has 4 heteroatoms. The predicted octanol–water partition coefficient (Wildman–Crippen LogP) is 2.95. The average molecular weight is 242 g/mol. The van der Waals surface area contributed by atoms with Gasteiger partial charge >= 0.3 is 0 Å². The Labute approximate surface area is 100 Å². The largest absolute Gasteiger partial charge is 0.314 e. The summed E-state index contributed by atoms with van der Waals surface area (Å²) >= 11 is 1.54. The number of thiazole rings is 1. The molecule has 0 bridgehead atoms. The van der Waals surface area contributed by atoms with Gasteiger partial charge in [-0.25, -0.2) is 9.37 Å². The number of piperidine rings is 1. The van der Waals surface area contributed by atoms with Crippen LogP contribution in [0, 0.1) is 0 Å². The van der Waals surface area contributed by atoms with E-state index in [-0.39, 0.29) is 0 Å². The van der Waals surface area contributed by atoms with Gasteiger partial charge in [-0.15, -0.1) is 11.3 Å². The van der Waals surface area contributed by atoms with Crippen LogP contribution in [0.25, 0.3) is 0 Å². The van der Waals surface area contributed by atoms with Crippen molar-refractivity contribution in [2.45, 2.75) is 50.7 Å². The Kier molecular flexibility index (Phi) is 3.92. The lowest BCUT2D eigenvalue weighted by Crippen LogP contribution is -2.40. The first-order valence-electron chi connectivity index (χ1n) is 5.96. The van der Waals surface area contributed by atoms with Crippen LogP contribution in [0.3, 0.4) is 0 Å². The summed E-state index contributed by atoms with van der Waals surface area (Å²) in [6.07, 6.45) is 6.36. The molecule has 0 amide bonds. The van der Waals surface area contributed by atoms with Crippen molar-refractivity contribution in [3.8, 4) is 0 Å². The van der Waals surface area contributed by atoms with E-state index in [1.807, 2.05) is 5.38 Å². The van der Waals surface area contributed by atoms with Gasteiger partial charge in [0.05, 0.1) is 5.01 Å². The second kappa shape index (κ2) is 5.23. The summed E-state index contributed by atoms with van der Waals surface area (Å²) in [6.45, 7) is 2.74. The quantitative estimate of drug-likeness (QED) is 0.878. The van der Waals surface area contributed by atoms with Crippen molar-refractivity contribution in [2.24, 2.45) is 0 Å². The van der Waals surface area contributed by atoms with Gasteiger partial charge in [0.25, 0.3) is 0 Å².